The summed E-state index contributed by atoms with van der Waals surface area (Å²) < 4.78 is 38.1. The van der Waals surface area contributed by atoms with Crippen LogP contribution >= 0.6 is 0 Å². The lowest BCUT2D eigenvalue weighted by Crippen LogP contribution is -2.28. The molecule has 0 aliphatic carbocycles. The summed E-state index contributed by atoms with van der Waals surface area (Å²) in [6.07, 6.45) is 3.12. The van der Waals surface area contributed by atoms with Gasteiger partial charge in [0.1, 0.15) is 24.3 Å². The molecular formula is C21H21N3O5S. The number of carbonyl (C=O) groups is 1. The van der Waals surface area contributed by atoms with E-state index in [0.717, 1.165) is 18.4 Å². The van der Waals surface area contributed by atoms with Gasteiger partial charge in [-0.1, -0.05) is 18.2 Å². The standard InChI is InChI=1S/C21H21N3O5S/c22-20(25)18-12-17(30(26,27)24-10-4-5-11-24)8-9-19(18)28-13-16-14-29-21(23-16)15-6-2-1-3-7-15/h1-3,6-9,12,14H,4-5,10-11,13H2,(H2,22,25). The normalized spacial score (nSPS) is 14.7. The van der Waals surface area contributed by atoms with Gasteiger partial charge in [0.25, 0.3) is 5.91 Å². The lowest BCUT2D eigenvalue weighted by Gasteiger charge is -2.17. The minimum atomic E-state index is -3.66. The molecule has 1 aliphatic rings. The van der Waals surface area contributed by atoms with Crippen LogP contribution in [-0.2, 0) is 16.6 Å². The first-order valence-electron chi connectivity index (χ1n) is 9.52. The zero-order valence-electron chi connectivity index (χ0n) is 16.2. The summed E-state index contributed by atoms with van der Waals surface area (Å²) in [5.74, 6) is -0.128. The third-order valence-corrected chi connectivity index (χ3v) is 6.76. The van der Waals surface area contributed by atoms with Gasteiger partial charge >= 0.3 is 0 Å². The maximum Gasteiger partial charge on any atom is 0.252 e. The second kappa shape index (κ2) is 8.29. The molecule has 0 spiro atoms. The molecule has 1 saturated heterocycles. The lowest BCUT2D eigenvalue weighted by atomic mass is 10.2. The van der Waals surface area contributed by atoms with Crippen LogP contribution in [0, 0.1) is 0 Å². The fourth-order valence-electron chi connectivity index (χ4n) is 3.30. The van der Waals surface area contributed by atoms with Gasteiger partial charge in [-0.05, 0) is 43.2 Å². The van der Waals surface area contributed by atoms with Crippen LogP contribution in [0.15, 0.2) is 64.1 Å². The molecule has 30 heavy (non-hydrogen) atoms. The molecule has 4 rings (SSSR count). The van der Waals surface area contributed by atoms with Crippen molar-refractivity contribution in [2.75, 3.05) is 13.1 Å². The van der Waals surface area contributed by atoms with Crippen LogP contribution in [0.2, 0.25) is 0 Å². The number of amides is 1. The van der Waals surface area contributed by atoms with Crippen LogP contribution in [0.5, 0.6) is 5.75 Å². The van der Waals surface area contributed by atoms with Gasteiger partial charge in [0, 0.05) is 18.7 Å². The lowest BCUT2D eigenvalue weighted by molar-refractivity contribution is 0.0995. The van der Waals surface area contributed by atoms with Crippen molar-refractivity contribution in [2.24, 2.45) is 5.73 Å². The van der Waals surface area contributed by atoms with Gasteiger partial charge in [-0.25, -0.2) is 13.4 Å². The Morgan fingerprint density at radius 2 is 1.87 bits per heavy atom. The number of nitrogens with two attached hydrogens (primary N) is 1. The number of sulfonamides is 1. The van der Waals surface area contributed by atoms with E-state index in [9.17, 15) is 13.2 Å². The number of aromatic nitrogens is 1. The molecule has 1 amide bonds. The molecule has 156 valence electrons. The van der Waals surface area contributed by atoms with Gasteiger partial charge < -0.3 is 14.9 Å². The first-order chi connectivity index (χ1) is 14.4. The third-order valence-electron chi connectivity index (χ3n) is 4.87. The highest BCUT2D eigenvalue weighted by molar-refractivity contribution is 7.89. The molecule has 2 N–H and O–H groups in total. The van der Waals surface area contributed by atoms with E-state index >= 15 is 0 Å². The molecular weight excluding hydrogens is 406 g/mol. The monoisotopic (exact) mass is 427 g/mol. The molecule has 1 aromatic heterocycles. The predicted molar refractivity (Wildman–Crippen MR) is 109 cm³/mol. The van der Waals surface area contributed by atoms with E-state index in [1.54, 1.807) is 0 Å². The molecule has 0 atom stereocenters. The zero-order valence-corrected chi connectivity index (χ0v) is 17.0. The summed E-state index contributed by atoms with van der Waals surface area (Å²) in [5, 5.41) is 0. The predicted octanol–water partition coefficient (Wildman–Crippen LogP) is 2.80. The maximum atomic E-state index is 12.7. The zero-order chi connectivity index (χ0) is 21.1. The number of rotatable bonds is 7. The minimum Gasteiger partial charge on any atom is -0.486 e. The van der Waals surface area contributed by atoms with Crippen molar-refractivity contribution in [1.29, 1.82) is 0 Å². The van der Waals surface area contributed by atoms with Crippen LogP contribution in [0.25, 0.3) is 11.5 Å². The van der Waals surface area contributed by atoms with Gasteiger partial charge in [-0.3, -0.25) is 4.79 Å². The average molecular weight is 427 g/mol. The highest BCUT2D eigenvalue weighted by Gasteiger charge is 2.28. The summed E-state index contributed by atoms with van der Waals surface area (Å²) in [6.45, 7) is 0.986. The largest absolute Gasteiger partial charge is 0.486 e. The molecule has 0 saturated carbocycles. The number of carbonyl (C=O) groups excluding carboxylic acids is 1. The Morgan fingerprint density at radius 3 is 2.57 bits per heavy atom. The molecule has 3 aromatic rings. The minimum absolute atomic E-state index is 0.00190. The van der Waals surface area contributed by atoms with Crippen LogP contribution in [0.3, 0.4) is 0 Å². The Kier molecular flexibility index (Phi) is 5.56. The summed E-state index contributed by atoms with van der Waals surface area (Å²) in [6, 6.07) is 13.6. The van der Waals surface area contributed by atoms with E-state index in [4.69, 9.17) is 14.9 Å². The Hall–Kier alpha value is -3.17. The van der Waals surface area contributed by atoms with Gasteiger partial charge in [0.05, 0.1) is 10.5 Å². The molecule has 0 unspecified atom stereocenters. The average Bonchev–Trinajstić information content (AvgIpc) is 3.45. The van der Waals surface area contributed by atoms with Crippen molar-refractivity contribution in [1.82, 2.24) is 9.29 Å². The fourth-order valence-corrected chi connectivity index (χ4v) is 4.85. The molecule has 2 heterocycles. The number of oxazole rings is 1. The Labute approximate surface area is 174 Å². The van der Waals surface area contributed by atoms with E-state index in [2.05, 4.69) is 4.98 Å². The number of benzene rings is 2. The number of ether oxygens (including phenoxy) is 1. The Morgan fingerprint density at radius 1 is 1.13 bits per heavy atom. The fraction of sp³-hybridized carbons (Fsp3) is 0.238. The van der Waals surface area contributed by atoms with Gasteiger partial charge in [0.15, 0.2) is 0 Å². The van der Waals surface area contributed by atoms with E-state index in [1.807, 2.05) is 30.3 Å². The first-order valence-corrected chi connectivity index (χ1v) is 11.0. The molecule has 8 nitrogen and oxygen atoms in total. The Balaban J connectivity index is 1.53. The summed E-state index contributed by atoms with van der Waals surface area (Å²) in [7, 11) is -3.66. The van der Waals surface area contributed by atoms with Crippen molar-refractivity contribution in [3.8, 4) is 17.2 Å². The quantitative estimate of drug-likeness (QED) is 0.620. The Bertz CT molecular complexity index is 1150. The van der Waals surface area contributed by atoms with Crippen LogP contribution in [0.4, 0.5) is 0 Å². The topological polar surface area (TPSA) is 116 Å². The number of hydrogen-bond acceptors (Lipinski definition) is 6. The molecule has 0 radical (unpaired) electrons. The third kappa shape index (κ3) is 4.07. The van der Waals surface area contributed by atoms with E-state index in [0.29, 0.717) is 24.7 Å². The molecule has 2 aromatic carbocycles. The molecule has 1 fully saturated rings. The van der Waals surface area contributed by atoms with Crippen LogP contribution < -0.4 is 10.5 Å². The molecule has 1 aliphatic heterocycles. The number of hydrogen-bond donors (Lipinski definition) is 1. The summed E-state index contributed by atoms with van der Waals surface area (Å²) >= 11 is 0. The van der Waals surface area contributed by atoms with Crippen LogP contribution in [0.1, 0.15) is 28.9 Å². The van der Waals surface area contributed by atoms with Crippen molar-refractivity contribution < 1.29 is 22.4 Å². The number of nitrogens with zero attached hydrogens (tertiary/aromatic N) is 2. The van der Waals surface area contributed by atoms with Gasteiger partial charge in [0.2, 0.25) is 15.9 Å². The van der Waals surface area contributed by atoms with Crippen molar-refractivity contribution in [3.05, 3.63) is 66.1 Å². The van der Waals surface area contributed by atoms with Crippen molar-refractivity contribution >= 4 is 15.9 Å². The second-order valence-corrected chi connectivity index (χ2v) is 8.87. The van der Waals surface area contributed by atoms with E-state index < -0.39 is 15.9 Å². The van der Waals surface area contributed by atoms with Gasteiger partial charge in [-0.15, -0.1) is 0 Å². The van der Waals surface area contributed by atoms with Crippen molar-refractivity contribution in [2.45, 2.75) is 24.3 Å². The van der Waals surface area contributed by atoms with Crippen LogP contribution in [-0.4, -0.2) is 36.7 Å². The second-order valence-electron chi connectivity index (χ2n) is 6.93. The highest BCUT2D eigenvalue weighted by Crippen LogP contribution is 2.27. The summed E-state index contributed by atoms with van der Waals surface area (Å²) in [4.78, 5) is 16.3. The SMILES string of the molecule is NC(=O)c1cc(S(=O)(=O)N2CCCC2)ccc1OCc1coc(-c2ccccc2)n1. The molecule has 9 heteroatoms. The maximum absolute atomic E-state index is 12.7. The van der Waals surface area contributed by atoms with E-state index in [-0.39, 0.29) is 22.8 Å². The first kappa shape index (κ1) is 20.1. The van der Waals surface area contributed by atoms with Crippen molar-refractivity contribution in [3.63, 3.8) is 0 Å². The van der Waals surface area contributed by atoms with Gasteiger partial charge in [-0.2, -0.15) is 4.31 Å². The summed E-state index contributed by atoms with van der Waals surface area (Å²) in [5.41, 5.74) is 6.83. The smallest absolute Gasteiger partial charge is 0.252 e. The molecule has 0 bridgehead atoms. The van der Waals surface area contributed by atoms with E-state index in [1.165, 1.54) is 28.8 Å². The number of primary amides is 1. The highest BCUT2D eigenvalue weighted by atomic mass is 32.2.